The average molecular weight is 575 g/mol. The van der Waals surface area contributed by atoms with Crippen LogP contribution in [0.5, 0.6) is 11.5 Å². The van der Waals surface area contributed by atoms with E-state index in [0.717, 1.165) is 0 Å². The van der Waals surface area contributed by atoms with Crippen molar-refractivity contribution in [2.24, 2.45) is 5.73 Å². The van der Waals surface area contributed by atoms with E-state index in [1.807, 2.05) is 18.2 Å². The molecule has 0 fully saturated rings. The van der Waals surface area contributed by atoms with Crippen molar-refractivity contribution >= 4 is 45.6 Å². The van der Waals surface area contributed by atoms with Crippen LogP contribution in [0.25, 0.3) is 0 Å². The summed E-state index contributed by atoms with van der Waals surface area (Å²) in [4.78, 5) is 27.5. The third-order valence-corrected chi connectivity index (χ3v) is 8.67. The van der Waals surface area contributed by atoms with Crippen LogP contribution < -0.4 is 25.4 Å². The van der Waals surface area contributed by atoms with Gasteiger partial charge in [0.1, 0.15) is 17.3 Å². The molecule has 1 atom stereocenters. The fourth-order valence-electron chi connectivity index (χ4n) is 4.90. The molecule has 0 spiro atoms. The Morgan fingerprint density at radius 1 is 1.20 bits per heavy atom. The third-order valence-electron chi connectivity index (χ3n) is 6.63. The molecule has 1 aromatic heterocycles. The molecule has 40 heavy (non-hydrogen) atoms. The third kappa shape index (κ3) is 5.25. The number of nitrogens with one attached hydrogen (secondary N) is 1. The second kappa shape index (κ2) is 11.8. The lowest BCUT2D eigenvalue weighted by atomic mass is 9.75. The molecule has 12 heteroatoms. The SMILES string of the molecule is COc1cccc(NC(=O)CSc2nnc(N3C(N)=C(C#N)C(c4ccccc4OC)C4=C3CCCC4=O)s2)c1. The van der Waals surface area contributed by atoms with Crippen LogP contribution in [0.15, 0.2) is 75.5 Å². The molecule has 0 saturated heterocycles. The maximum Gasteiger partial charge on any atom is 0.234 e. The van der Waals surface area contributed by atoms with Gasteiger partial charge in [-0.2, -0.15) is 5.26 Å². The van der Waals surface area contributed by atoms with Gasteiger partial charge in [-0.05, 0) is 31.0 Å². The lowest BCUT2D eigenvalue weighted by molar-refractivity contribution is -0.116. The highest BCUT2D eigenvalue weighted by molar-refractivity contribution is 8.01. The number of anilines is 2. The number of ketones is 1. The molecule has 1 aliphatic carbocycles. The van der Waals surface area contributed by atoms with E-state index in [1.54, 1.807) is 49.5 Å². The molecule has 3 N–H and O–H groups in total. The number of thioether (sulfide) groups is 1. The van der Waals surface area contributed by atoms with E-state index in [0.29, 0.717) is 62.8 Å². The molecule has 3 aromatic rings. The van der Waals surface area contributed by atoms with Gasteiger partial charge in [0.25, 0.3) is 0 Å². The number of hydrogen-bond acceptors (Lipinski definition) is 11. The van der Waals surface area contributed by atoms with Crippen LogP contribution in [0, 0.1) is 11.3 Å². The molecular weight excluding hydrogens is 548 g/mol. The molecule has 0 saturated carbocycles. The highest BCUT2D eigenvalue weighted by Gasteiger charge is 2.42. The quantitative estimate of drug-likeness (QED) is 0.367. The van der Waals surface area contributed by atoms with Crippen molar-refractivity contribution in [1.29, 1.82) is 5.26 Å². The summed E-state index contributed by atoms with van der Waals surface area (Å²) in [6.07, 6.45) is 1.64. The normalized spacial score (nSPS) is 16.9. The van der Waals surface area contributed by atoms with Gasteiger partial charge in [-0.15, -0.1) is 10.2 Å². The maximum absolute atomic E-state index is 13.3. The molecule has 2 aliphatic rings. The van der Waals surface area contributed by atoms with Crippen LogP contribution in [0.3, 0.4) is 0 Å². The molecule has 2 aromatic carbocycles. The highest BCUT2D eigenvalue weighted by Crippen LogP contribution is 2.48. The number of Topliss-reactive ketones (excluding diaryl/α,β-unsaturated/α-hetero) is 1. The van der Waals surface area contributed by atoms with Crippen molar-refractivity contribution in [3.63, 3.8) is 0 Å². The number of amides is 1. The lowest BCUT2D eigenvalue weighted by Gasteiger charge is -2.38. The van der Waals surface area contributed by atoms with E-state index in [-0.39, 0.29) is 28.8 Å². The number of benzene rings is 2. The number of allylic oxidation sites excluding steroid dienone is 3. The number of methoxy groups -OCH3 is 2. The molecule has 204 valence electrons. The topological polar surface area (TPSA) is 143 Å². The average Bonchev–Trinajstić information content (AvgIpc) is 3.44. The van der Waals surface area contributed by atoms with Crippen molar-refractivity contribution in [3.8, 4) is 17.6 Å². The molecule has 1 unspecified atom stereocenters. The van der Waals surface area contributed by atoms with Gasteiger partial charge >= 0.3 is 0 Å². The van der Waals surface area contributed by atoms with Crippen LogP contribution in [-0.2, 0) is 9.59 Å². The van der Waals surface area contributed by atoms with E-state index in [9.17, 15) is 14.9 Å². The number of nitrogens with zero attached hydrogens (tertiary/aromatic N) is 4. The molecule has 1 aliphatic heterocycles. The Bertz CT molecular complexity index is 1570. The number of hydrogen-bond donors (Lipinski definition) is 2. The van der Waals surface area contributed by atoms with Crippen molar-refractivity contribution in [2.75, 3.05) is 30.2 Å². The zero-order chi connectivity index (χ0) is 28.2. The maximum atomic E-state index is 13.3. The summed E-state index contributed by atoms with van der Waals surface area (Å²) in [5, 5.41) is 22.1. The summed E-state index contributed by atoms with van der Waals surface area (Å²) < 4.78 is 11.3. The number of ether oxygens (including phenoxy) is 2. The van der Waals surface area contributed by atoms with Crippen LogP contribution >= 0.6 is 23.1 Å². The van der Waals surface area contributed by atoms with E-state index in [1.165, 1.54) is 23.1 Å². The second-order valence-corrected chi connectivity index (χ2v) is 11.2. The number of aromatic nitrogens is 2. The minimum atomic E-state index is -0.637. The number of carbonyl (C=O) groups excluding carboxylic acids is 2. The van der Waals surface area contributed by atoms with Gasteiger partial charge < -0.3 is 20.5 Å². The molecular formula is C28H26N6O4S2. The van der Waals surface area contributed by atoms with Crippen LogP contribution in [0.2, 0.25) is 0 Å². The Morgan fingerprint density at radius 3 is 2.80 bits per heavy atom. The first-order valence-electron chi connectivity index (χ1n) is 12.4. The first kappa shape index (κ1) is 27.2. The zero-order valence-corrected chi connectivity index (χ0v) is 23.5. The number of carbonyl (C=O) groups is 2. The molecule has 10 nitrogen and oxygen atoms in total. The second-order valence-electron chi connectivity index (χ2n) is 8.98. The van der Waals surface area contributed by atoms with Gasteiger partial charge in [-0.3, -0.25) is 14.5 Å². The zero-order valence-electron chi connectivity index (χ0n) is 21.8. The van der Waals surface area contributed by atoms with Gasteiger partial charge in [0.2, 0.25) is 11.0 Å². The monoisotopic (exact) mass is 574 g/mol. The van der Waals surface area contributed by atoms with Gasteiger partial charge in [0, 0.05) is 35.0 Å². The summed E-state index contributed by atoms with van der Waals surface area (Å²) in [7, 11) is 3.12. The Morgan fingerprint density at radius 2 is 2.02 bits per heavy atom. The summed E-state index contributed by atoms with van der Waals surface area (Å²) in [6, 6.07) is 16.7. The Balaban J connectivity index is 1.42. The number of rotatable bonds is 8. The van der Waals surface area contributed by atoms with Gasteiger partial charge in [0.15, 0.2) is 10.1 Å². The first-order valence-corrected chi connectivity index (χ1v) is 14.2. The van der Waals surface area contributed by atoms with E-state index < -0.39 is 5.92 Å². The van der Waals surface area contributed by atoms with Crippen LogP contribution in [-0.4, -0.2) is 41.9 Å². The smallest absolute Gasteiger partial charge is 0.234 e. The van der Waals surface area contributed by atoms with Crippen molar-refractivity contribution in [3.05, 3.63) is 76.8 Å². The van der Waals surface area contributed by atoms with Crippen LogP contribution in [0.1, 0.15) is 30.7 Å². The highest BCUT2D eigenvalue weighted by atomic mass is 32.2. The fraction of sp³-hybridized carbons (Fsp3) is 0.250. The number of para-hydroxylation sites is 1. The predicted octanol–water partition coefficient (Wildman–Crippen LogP) is 4.59. The molecule has 0 radical (unpaired) electrons. The predicted molar refractivity (Wildman–Crippen MR) is 153 cm³/mol. The van der Waals surface area contributed by atoms with Crippen molar-refractivity contribution in [1.82, 2.24) is 10.2 Å². The number of nitrogens with two attached hydrogens (primary N) is 1. The molecule has 5 rings (SSSR count). The van der Waals surface area contributed by atoms with E-state index >= 15 is 0 Å². The summed E-state index contributed by atoms with van der Waals surface area (Å²) >= 11 is 2.48. The minimum Gasteiger partial charge on any atom is -0.497 e. The Hall–Kier alpha value is -4.34. The summed E-state index contributed by atoms with van der Waals surface area (Å²) in [6.45, 7) is 0. The Labute approximate surface area is 239 Å². The van der Waals surface area contributed by atoms with Gasteiger partial charge in [0.05, 0.1) is 37.5 Å². The summed E-state index contributed by atoms with van der Waals surface area (Å²) in [5.74, 6) is 0.664. The molecule has 1 amide bonds. The fourth-order valence-corrected chi connectivity index (χ4v) is 6.58. The van der Waals surface area contributed by atoms with E-state index in [4.69, 9.17) is 15.2 Å². The van der Waals surface area contributed by atoms with E-state index in [2.05, 4.69) is 21.6 Å². The van der Waals surface area contributed by atoms with Gasteiger partial charge in [-0.1, -0.05) is 47.4 Å². The lowest BCUT2D eigenvalue weighted by Crippen LogP contribution is -2.38. The van der Waals surface area contributed by atoms with Crippen molar-refractivity contribution < 1.29 is 19.1 Å². The molecule has 0 bridgehead atoms. The van der Waals surface area contributed by atoms with Gasteiger partial charge in [-0.25, -0.2) is 0 Å². The standard InChI is InChI=1S/C28H26N6O4S2/c1-37-17-8-5-7-16(13-17)31-23(36)15-39-28-33-32-27(40-28)34-20-10-6-11-21(35)25(20)24(19(14-29)26(34)30)18-9-3-4-12-22(18)38-2/h3-5,7-9,12-13,24H,6,10-11,15,30H2,1-2H3,(H,31,36). The minimum absolute atomic E-state index is 0.0317. The summed E-state index contributed by atoms with van der Waals surface area (Å²) in [5.41, 5.74) is 9.47. The first-order chi connectivity index (χ1) is 19.4. The Kier molecular flexibility index (Phi) is 8.04. The largest absolute Gasteiger partial charge is 0.497 e. The number of nitriles is 1. The van der Waals surface area contributed by atoms with Crippen LogP contribution in [0.4, 0.5) is 10.8 Å². The molecule has 2 heterocycles. The van der Waals surface area contributed by atoms with Crippen molar-refractivity contribution in [2.45, 2.75) is 29.5 Å².